The normalized spacial score (nSPS) is 20.6. The van der Waals surface area contributed by atoms with Gasteiger partial charge in [0.1, 0.15) is 0 Å². The summed E-state index contributed by atoms with van der Waals surface area (Å²) in [5.74, 6) is -0.0224. The number of nitrogens with one attached hydrogen (secondary N) is 2. The van der Waals surface area contributed by atoms with E-state index in [-0.39, 0.29) is 23.4 Å². The number of hydrogen-bond donors (Lipinski definition) is 2. The zero-order chi connectivity index (χ0) is 16.4. The number of nitrogens with zero attached hydrogens (tertiary/aromatic N) is 1. The molecular formula is C17H29N3O. The second-order valence-corrected chi connectivity index (χ2v) is 6.51. The molecule has 2 atom stereocenters. The molecule has 1 amide bonds. The summed E-state index contributed by atoms with van der Waals surface area (Å²) in [4.78, 5) is 17.1. The molecule has 1 rings (SSSR count). The molecule has 4 nitrogen and oxygen atoms in total. The van der Waals surface area contributed by atoms with Crippen molar-refractivity contribution in [3.05, 3.63) is 23.3 Å². The van der Waals surface area contributed by atoms with Crippen LogP contribution in [0.1, 0.15) is 41.5 Å². The van der Waals surface area contributed by atoms with Crippen LogP contribution in [0.4, 0.5) is 0 Å². The topological polar surface area (TPSA) is 53.5 Å². The van der Waals surface area contributed by atoms with Crippen LogP contribution in [0, 0.1) is 5.41 Å². The second-order valence-electron chi connectivity index (χ2n) is 6.51. The monoisotopic (exact) mass is 291 g/mol. The Morgan fingerprint density at radius 2 is 1.95 bits per heavy atom. The highest BCUT2D eigenvalue weighted by atomic mass is 16.1. The van der Waals surface area contributed by atoms with E-state index in [0.717, 1.165) is 22.4 Å². The van der Waals surface area contributed by atoms with E-state index >= 15 is 0 Å². The molecule has 0 saturated heterocycles. The van der Waals surface area contributed by atoms with Crippen LogP contribution in [0.5, 0.6) is 0 Å². The maximum atomic E-state index is 12.6. The average molecular weight is 291 g/mol. The Balaban J connectivity index is 2.90. The lowest BCUT2D eigenvalue weighted by molar-refractivity contribution is -0.118. The van der Waals surface area contributed by atoms with Gasteiger partial charge in [0.15, 0.2) is 0 Å². The summed E-state index contributed by atoms with van der Waals surface area (Å²) in [7, 11) is 1.88. The van der Waals surface area contributed by atoms with Crippen LogP contribution in [0.3, 0.4) is 0 Å². The van der Waals surface area contributed by atoms with Crippen LogP contribution in [0.2, 0.25) is 0 Å². The molecule has 1 aliphatic rings. The first-order chi connectivity index (χ1) is 9.62. The first kappa shape index (κ1) is 17.6. The fourth-order valence-electron chi connectivity index (χ4n) is 2.70. The number of likely N-dealkylation sites (N-methyl/N-ethyl adjacent to an activating group) is 1. The van der Waals surface area contributed by atoms with E-state index < -0.39 is 0 Å². The van der Waals surface area contributed by atoms with Gasteiger partial charge >= 0.3 is 0 Å². The summed E-state index contributed by atoms with van der Waals surface area (Å²) in [6.45, 7) is 16.7. The summed E-state index contributed by atoms with van der Waals surface area (Å²) in [6, 6.07) is 0.0482. The maximum absolute atomic E-state index is 12.6. The van der Waals surface area contributed by atoms with Gasteiger partial charge in [0.2, 0.25) is 5.91 Å². The highest BCUT2D eigenvalue weighted by Crippen LogP contribution is 2.33. The van der Waals surface area contributed by atoms with E-state index in [0.29, 0.717) is 6.54 Å². The van der Waals surface area contributed by atoms with Crippen molar-refractivity contribution >= 4 is 11.6 Å². The van der Waals surface area contributed by atoms with Gasteiger partial charge in [0.25, 0.3) is 0 Å². The zero-order valence-corrected chi connectivity index (χ0v) is 14.4. The van der Waals surface area contributed by atoms with Crippen LogP contribution in [-0.4, -0.2) is 37.3 Å². The molecule has 21 heavy (non-hydrogen) atoms. The van der Waals surface area contributed by atoms with Crippen LogP contribution in [-0.2, 0) is 4.79 Å². The largest absolute Gasteiger partial charge is 0.348 e. The number of carbonyl (C=O) groups is 1. The average Bonchev–Trinajstić information content (AvgIpc) is 2.36. The molecule has 1 heterocycles. The zero-order valence-electron chi connectivity index (χ0n) is 14.4. The Kier molecular flexibility index (Phi) is 5.51. The predicted molar refractivity (Wildman–Crippen MR) is 89.7 cm³/mol. The summed E-state index contributed by atoms with van der Waals surface area (Å²) in [6.07, 6.45) is 0. The third-order valence-electron chi connectivity index (χ3n) is 4.74. The summed E-state index contributed by atoms with van der Waals surface area (Å²) in [5.41, 5.74) is 3.84. The number of allylic oxidation sites excluding steroid dienone is 1. The van der Waals surface area contributed by atoms with Crippen molar-refractivity contribution in [2.24, 2.45) is 10.4 Å². The molecule has 0 aromatic carbocycles. The number of aliphatic imine (C=N–C) groups is 1. The molecule has 0 fully saturated rings. The third kappa shape index (κ3) is 3.62. The van der Waals surface area contributed by atoms with Crippen LogP contribution < -0.4 is 10.6 Å². The third-order valence-corrected chi connectivity index (χ3v) is 4.74. The molecule has 0 bridgehead atoms. The molecule has 0 spiro atoms. The lowest BCUT2D eigenvalue weighted by Gasteiger charge is -2.33. The van der Waals surface area contributed by atoms with Gasteiger partial charge in [0.05, 0.1) is 6.54 Å². The van der Waals surface area contributed by atoms with Crippen LogP contribution >= 0.6 is 0 Å². The summed E-state index contributed by atoms with van der Waals surface area (Å²) >= 11 is 0. The number of amides is 1. The molecule has 4 heteroatoms. The quantitative estimate of drug-likeness (QED) is 0.765. The van der Waals surface area contributed by atoms with Crippen molar-refractivity contribution in [1.82, 2.24) is 10.6 Å². The molecule has 118 valence electrons. The standard InChI is InChI=1S/C17H29N3O/c1-10(2)15(18-8)12(4)20-16(21)14-9-19-13(5)17(6,7)11(14)3/h12,15,18H,1,9H2,2-8H3,(H,20,21). The van der Waals surface area contributed by atoms with Gasteiger partial charge in [-0.3, -0.25) is 9.79 Å². The number of rotatable bonds is 5. The van der Waals surface area contributed by atoms with Crippen LogP contribution in [0.15, 0.2) is 28.3 Å². The molecule has 0 saturated carbocycles. The highest BCUT2D eigenvalue weighted by Gasteiger charge is 2.32. The Morgan fingerprint density at radius 1 is 1.38 bits per heavy atom. The van der Waals surface area contributed by atoms with Gasteiger partial charge in [-0.1, -0.05) is 31.6 Å². The van der Waals surface area contributed by atoms with Gasteiger partial charge < -0.3 is 10.6 Å². The lowest BCUT2D eigenvalue weighted by Crippen LogP contribution is -2.48. The van der Waals surface area contributed by atoms with Gasteiger partial charge in [-0.25, -0.2) is 0 Å². The molecular weight excluding hydrogens is 262 g/mol. The molecule has 0 aromatic heterocycles. The van der Waals surface area contributed by atoms with E-state index in [1.165, 1.54) is 0 Å². The number of hydrogen-bond acceptors (Lipinski definition) is 3. The van der Waals surface area contributed by atoms with Crippen molar-refractivity contribution in [2.45, 2.75) is 53.6 Å². The van der Waals surface area contributed by atoms with E-state index in [1.807, 2.05) is 34.7 Å². The minimum atomic E-state index is -0.148. The van der Waals surface area contributed by atoms with Crippen molar-refractivity contribution in [3.8, 4) is 0 Å². The van der Waals surface area contributed by atoms with Crippen molar-refractivity contribution in [2.75, 3.05) is 13.6 Å². The minimum Gasteiger partial charge on any atom is -0.348 e. The first-order valence-corrected chi connectivity index (χ1v) is 7.48. The molecule has 0 aromatic rings. The van der Waals surface area contributed by atoms with Crippen LogP contribution in [0.25, 0.3) is 0 Å². The molecule has 2 N–H and O–H groups in total. The predicted octanol–water partition coefficient (Wildman–Crippen LogP) is 2.47. The fraction of sp³-hybridized carbons (Fsp3) is 0.647. The highest BCUT2D eigenvalue weighted by molar-refractivity contribution is 6.00. The van der Waals surface area contributed by atoms with Gasteiger partial charge in [-0.05, 0) is 34.7 Å². The Morgan fingerprint density at radius 3 is 2.43 bits per heavy atom. The number of carbonyl (C=O) groups excluding carboxylic acids is 1. The van der Waals surface area contributed by atoms with E-state index in [2.05, 4.69) is 36.1 Å². The molecule has 0 radical (unpaired) electrons. The smallest absolute Gasteiger partial charge is 0.249 e. The van der Waals surface area contributed by atoms with E-state index in [4.69, 9.17) is 0 Å². The number of dihydropyridines is 1. The Bertz CT molecular complexity index is 500. The van der Waals surface area contributed by atoms with Gasteiger partial charge in [-0.2, -0.15) is 0 Å². The van der Waals surface area contributed by atoms with Crippen molar-refractivity contribution in [1.29, 1.82) is 0 Å². The van der Waals surface area contributed by atoms with E-state index in [9.17, 15) is 4.79 Å². The SMILES string of the molecule is C=C(C)C(NC)C(C)NC(=O)C1=C(C)C(C)(C)C(C)=NC1. The second kappa shape index (κ2) is 6.56. The summed E-state index contributed by atoms with van der Waals surface area (Å²) < 4.78 is 0. The van der Waals surface area contributed by atoms with Crippen molar-refractivity contribution < 1.29 is 4.79 Å². The Labute approximate surface area is 128 Å². The van der Waals surface area contributed by atoms with E-state index in [1.54, 1.807) is 0 Å². The van der Waals surface area contributed by atoms with Gasteiger partial charge in [-0.15, -0.1) is 0 Å². The summed E-state index contributed by atoms with van der Waals surface area (Å²) in [5, 5.41) is 6.26. The lowest BCUT2D eigenvalue weighted by atomic mass is 9.76. The Hall–Kier alpha value is -1.42. The molecule has 0 aliphatic carbocycles. The van der Waals surface area contributed by atoms with Gasteiger partial charge in [0, 0.05) is 28.8 Å². The molecule has 2 unspecified atom stereocenters. The first-order valence-electron chi connectivity index (χ1n) is 7.48. The minimum absolute atomic E-state index is 0.0181. The fourth-order valence-corrected chi connectivity index (χ4v) is 2.70. The van der Waals surface area contributed by atoms with Crippen molar-refractivity contribution in [3.63, 3.8) is 0 Å². The maximum Gasteiger partial charge on any atom is 0.249 e. The molecule has 1 aliphatic heterocycles.